The molecule has 0 radical (unpaired) electrons. The van der Waals surface area contributed by atoms with Crippen LogP contribution in [-0.2, 0) is 0 Å². The number of halogens is 1. The van der Waals surface area contributed by atoms with Crippen molar-refractivity contribution >= 4 is 17.5 Å². The summed E-state index contributed by atoms with van der Waals surface area (Å²) in [7, 11) is 0. The summed E-state index contributed by atoms with van der Waals surface area (Å²) in [5.41, 5.74) is 0. The predicted molar refractivity (Wildman–Crippen MR) is 49.9 cm³/mol. The Hall–Kier alpha value is -0.870. The van der Waals surface area contributed by atoms with Crippen molar-refractivity contribution in [3.8, 4) is 0 Å². The van der Waals surface area contributed by atoms with Gasteiger partial charge in [0.15, 0.2) is 0 Å². The average Bonchev–Trinajstić information content (AvgIpc) is 2.53. The summed E-state index contributed by atoms with van der Waals surface area (Å²) in [5, 5.41) is 9.82. The van der Waals surface area contributed by atoms with Crippen molar-refractivity contribution in [2.75, 3.05) is 18.0 Å². The van der Waals surface area contributed by atoms with E-state index >= 15 is 0 Å². The first kappa shape index (κ1) is 8.72. The molecule has 0 unspecified atom stereocenters. The van der Waals surface area contributed by atoms with Gasteiger partial charge in [0.05, 0.1) is 23.5 Å². The molecule has 1 N–H and O–H groups in total. The topological polar surface area (TPSA) is 49.2 Å². The second-order valence-electron chi connectivity index (χ2n) is 3.09. The normalized spacial score (nSPS) is 22.3. The molecule has 0 aliphatic carbocycles. The van der Waals surface area contributed by atoms with E-state index in [0.29, 0.717) is 17.5 Å². The number of β-amino-alcohol motifs (C(OH)–C–C–N with tert-alkyl or cyclic N) is 1. The molecule has 1 atom stereocenters. The Balaban J connectivity index is 2.13. The first-order valence-corrected chi connectivity index (χ1v) is 4.54. The maximum absolute atomic E-state index is 9.29. The lowest BCUT2D eigenvalue weighted by atomic mass is 10.3. The molecule has 1 saturated heterocycles. The lowest BCUT2D eigenvalue weighted by Crippen LogP contribution is -2.23. The van der Waals surface area contributed by atoms with Gasteiger partial charge >= 0.3 is 0 Å². The van der Waals surface area contributed by atoms with Crippen LogP contribution in [-0.4, -0.2) is 34.3 Å². The quantitative estimate of drug-likeness (QED) is 0.724. The van der Waals surface area contributed by atoms with E-state index in [9.17, 15) is 5.11 Å². The molecule has 1 fully saturated rings. The first-order chi connectivity index (χ1) is 6.25. The molecule has 1 aliphatic heterocycles. The van der Waals surface area contributed by atoms with Crippen molar-refractivity contribution < 1.29 is 5.11 Å². The van der Waals surface area contributed by atoms with E-state index in [1.165, 1.54) is 0 Å². The third-order valence-corrected chi connectivity index (χ3v) is 2.25. The summed E-state index contributed by atoms with van der Waals surface area (Å²) in [5.74, 6) is 0.640. The highest BCUT2D eigenvalue weighted by Crippen LogP contribution is 2.16. The average molecular weight is 200 g/mol. The van der Waals surface area contributed by atoms with Gasteiger partial charge in [-0.3, -0.25) is 0 Å². The minimum atomic E-state index is -0.251. The van der Waals surface area contributed by atoms with Gasteiger partial charge in [0.25, 0.3) is 0 Å². The Morgan fingerprint density at radius 1 is 1.46 bits per heavy atom. The molecular weight excluding hydrogens is 190 g/mol. The molecule has 13 heavy (non-hydrogen) atoms. The second kappa shape index (κ2) is 3.47. The van der Waals surface area contributed by atoms with Crippen LogP contribution in [0.15, 0.2) is 12.4 Å². The molecule has 1 aliphatic rings. The monoisotopic (exact) mass is 199 g/mol. The van der Waals surface area contributed by atoms with E-state index in [1.54, 1.807) is 12.4 Å². The number of hydrogen-bond acceptors (Lipinski definition) is 4. The van der Waals surface area contributed by atoms with Crippen molar-refractivity contribution in [3.05, 3.63) is 17.4 Å². The van der Waals surface area contributed by atoms with Gasteiger partial charge in [-0.25, -0.2) is 9.97 Å². The van der Waals surface area contributed by atoms with Gasteiger partial charge in [0, 0.05) is 13.1 Å². The highest BCUT2D eigenvalue weighted by atomic mass is 35.5. The molecule has 70 valence electrons. The highest BCUT2D eigenvalue weighted by molar-refractivity contribution is 6.30. The zero-order valence-electron chi connectivity index (χ0n) is 7.02. The Morgan fingerprint density at radius 2 is 2.15 bits per heavy atom. The van der Waals surface area contributed by atoms with Crippen LogP contribution in [0, 0.1) is 0 Å². The van der Waals surface area contributed by atoms with Crippen LogP contribution < -0.4 is 4.90 Å². The maximum Gasteiger partial charge on any atom is 0.225 e. The highest BCUT2D eigenvalue weighted by Gasteiger charge is 2.21. The smallest absolute Gasteiger partial charge is 0.225 e. The van der Waals surface area contributed by atoms with Gasteiger partial charge in [-0.05, 0) is 6.42 Å². The summed E-state index contributed by atoms with van der Waals surface area (Å²) >= 11 is 5.65. The third kappa shape index (κ3) is 1.89. The van der Waals surface area contributed by atoms with Crippen LogP contribution in [0.4, 0.5) is 5.95 Å². The molecule has 1 aromatic rings. The number of aliphatic hydroxyl groups is 1. The van der Waals surface area contributed by atoms with E-state index in [1.807, 2.05) is 4.90 Å². The SMILES string of the molecule is O[C@@H]1CCN(c2ncc(Cl)cn2)C1. The summed E-state index contributed by atoms with van der Waals surface area (Å²) < 4.78 is 0. The minimum Gasteiger partial charge on any atom is -0.391 e. The van der Waals surface area contributed by atoms with Gasteiger partial charge in [0.1, 0.15) is 0 Å². The molecule has 0 saturated carbocycles. The fourth-order valence-corrected chi connectivity index (χ4v) is 1.49. The predicted octanol–water partition coefficient (Wildman–Crippen LogP) is 0.701. The Labute approximate surface area is 81.2 Å². The van der Waals surface area contributed by atoms with Crippen molar-refractivity contribution in [3.63, 3.8) is 0 Å². The Morgan fingerprint density at radius 3 is 2.69 bits per heavy atom. The number of aromatic nitrogens is 2. The second-order valence-corrected chi connectivity index (χ2v) is 3.53. The van der Waals surface area contributed by atoms with Gasteiger partial charge in [-0.1, -0.05) is 11.6 Å². The van der Waals surface area contributed by atoms with Crippen LogP contribution in [0.2, 0.25) is 5.02 Å². The zero-order chi connectivity index (χ0) is 9.26. The standard InChI is InChI=1S/C8H10ClN3O/c9-6-3-10-8(11-4-6)12-2-1-7(13)5-12/h3-4,7,13H,1-2,5H2/t7-/m1/s1. The molecule has 0 aromatic carbocycles. The van der Waals surface area contributed by atoms with Gasteiger partial charge in [-0.2, -0.15) is 0 Å². The summed E-state index contributed by atoms with van der Waals surface area (Å²) in [6.45, 7) is 1.42. The van der Waals surface area contributed by atoms with Crippen molar-refractivity contribution in [2.45, 2.75) is 12.5 Å². The van der Waals surface area contributed by atoms with Gasteiger partial charge < -0.3 is 10.0 Å². The van der Waals surface area contributed by atoms with Crippen LogP contribution in [0.1, 0.15) is 6.42 Å². The fourth-order valence-electron chi connectivity index (χ4n) is 1.39. The molecule has 4 nitrogen and oxygen atoms in total. The largest absolute Gasteiger partial charge is 0.391 e. The Bertz CT molecular complexity index is 290. The van der Waals surface area contributed by atoms with E-state index in [2.05, 4.69) is 9.97 Å². The van der Waals surface area contributed by atoms with Gasteiger partial charge in [-0.15, -0.1) is 0 Å². The van der Waals surface area contributed by atoms with Crippen LogP contribution in [0.3, 0.4) is 0 Å². The lowest BCUT2D eigenvalue weighted by Gasteiger charge is -2.14. The Kier molecular flexibility index (Phi) is 2.33. The van der Waals surface area contributed by atoms with Crippen molar-refractivity contribution in [2.24, 2.45) is 0 Å². The first-order valence-electron chi connectivity index (χ1n) is 4.16. The number of anilines is 1. The van der Waals surface area contributed by atoms with E-state index < -0.39 is 0 Å². The van der Waals surface area contributed by atoms with E-state index in [-0.39, 0.29) is 6.10 Å². The molecule has 1 aromatic heterocycles. The minimum absolute atomic E-state index is 0.251. The van der Waals surface area contributed by atoms with Crippen LogP contribution in [0.5, 0.6) is 0 Å². The van der Waals surface area contributed by atoms with E-state index in [4.69, 9.17) is 11.6 Å². The maximum atomic E-state index is 9.29. The number of aliphatic hydroxyl groups excluding tert-OH is 1. The molecule has 5 heteroatoms. The molecule has 0 spiro atoms. The van der Waals surface area contributed by atoms with Gasteiger partial charge in [0.2, 0.25) is 5.95 Å². The van der Waals surface area contributed by atoms with Crippen LogP contribution in [0.25, 0.3) is 0 Å². The fraction of sp³-hybridized carbons (Fsp3) is 0.500. The molecule has 2 heterocycles. The van der Waals surface area contributed by atoms with Crippen molar-refractivity contribution in [1.82, 2.24) is 9.97 Å². The lowest BCUT2D eigenvalue weighted by molar-refractivity contribution is 0.198. The number of nitrogens with zero attached hydrogens (tertiary/aromatic N) is 3. The number of hydrogen-bond donors (Lipinski definition) is 1. The third-order valence-electron chi connectivity index (χ3n) is 2.05. The molecule has 0 bridgehead atoms. The molecular formula is C8H10ClN3O. The molecule has 0 amide bonds. The summed E-state index contributed by atoms with van der Waals surface area (Å²) in [4.78, 5) is 10.1. The van der Waals surface area contributed by atoms with E-state index in [0.717, 1.165) is 13.0 Å². The van der Waals surface area contributed by atoms with Crippen LogP contribution >= 0.6 is 11.6 Å². The summed E-state index contributed by atoms with van der Waals surface area (Å²) in [6.07, 6.45) is 3.66. The summed E-state index contributed by atoms with van der Waals surface area (Å²) in [6, 6.07) is 0. The number of rotatable bonds is 1. The zero-order valence-corrected chi connectivity index (χ0v) is 7.78. The van der Waals surface area contributed by atoms with Crippen molar-refractivity contribution in [1.29, 1.82) is 0 Å². The molecule has 2 rings (SSSR count).